The van der Waals surface area contributed by atoms with Crippen molar-refractivity contribution in [2.24, 2.45) is 0 Å². The average Bonchev–Trinajstić information content (AvgIpc) is 4.28. The molecule has 0 fully saturated rings. The highest BCUT2D eigenvalue weighted by Crippen LogP contribution is 2.30. The molecule has 0 spiro atoms. The van der Waals surface area contributed by atoms with E-state index in [4.69, 9.17) is 61.7 Å². The molecule has 428 valence electrons. The quantitative estimate of drug-likeness (QED) is 0.0374. The second-order valence-corrected chi connectivity index (χ2v) is 19.7. The summed E-state index contributed by atoms with van der Waals surface area (Å²) in [6.45, 7) is 4.63. The van der Waals surface area contributed by atoms with Gasteiger partial charge in [0.15, 0.2) is 11.6 Å². The van der Waals surface area contributed by atoms with Crippen LogP contribution in [0.15, 0.2) is 104 Å². The van der Waals surface area contributed by atoms with Crippen LogP contribution in [-0.2, 0) is 45.8 Å². The van der Waals surface area contributed by atoms with Crippen LogP contribution in [0.3, 0.4) is 0 Å². The van der Waals surface area contributed by atoms with Gasteiger partial charge in [-0.1, -0.05) is 0 Å². The summed E-state index contributed by atoms with van der Waals surface area (Å²) < 4.78 is 33.2. The first-order valence-electron chi connectivity index (χ1n) is 24.9. The Kier molecular flexibility index (Phi) is 20.3. The number of halogens is 6. The minimum atomic E-state index is -0.481. The van der Waals surface area contributed by atoms with Crippen molar-refractivity contribution < 1.29 is 24.1 Å². The molecule has 12 aromatic heterocycles. The number of aryl methyl sites for hydroxylation is 1. The molecule has 25 nitrogen and oxygen atoms in total. The molecule has 0 aliphatic carbocycles. The molecule has 0 saturated heterocycles. The lowest BCUT2D eigenvalue weighted by Gasteiger charge is -2.08. The molecule has 83 heavy (non-hydrogen) atoms. The Morgan fingerprint density at radius 3 is 1.57 bits per heavy atom. The van der Waals surface area contributed by atoms with Crippen LogP contribution in [0.2, 0.25) is 21.1 Å². The van der Waals surface area contributed by atoms with Crippen LogP contribution in [0, 0.1) is 18.6 Å². The maximum atomic E-state index is 14.2. The van der Waals surface area contributed by atoms with Crippen molar-refractivity contribution in [2.75, 3.05) is 41.1 Å². The van der Waals surface area contributed by atoms with Gasteiger partial charge in [-0.15, -0.1) is 11.3 Å². The van der Waals surface area contributed by atoms with E-state index in [9.17, 15) is 8.78 Å². The van der Waals surface area contributed by atoms with Gasteiger partial charge in [0.1, 0.15) is 63.5 Å². The molecule has 12 rings (SSSR count). The zero-order chi connectivity index (χ0) is 58.2. The van der Waals surface area contributed by atoms with Crippen molar-refractivity contribution in [3.63, 3.8) is 0 Å². The Balaban J connectivity index is 0.000000133. The van der Waals surface area contributed by atoms with Crippen LogP contribution in [0.1, 0.15) is 27.7 Å². The summed E-state index contributed by atoms with van der Waals surface area (Å²) in [6, 6.07) is 11.2. The largest absolute Gasteiger partial charge is 0.395 e. The topological polar surface area (TPSA) is 320 Å². The van der Waals surface area contributed by atoms with E-state index in [-0.39, 0.29) is 70.6 Å². The number of pyridine rings is 1. The number of rotatable bonds is 18. The van der Waals surface area contributed by atoms with Gasteiger partial charge in [0.25, 0.3) is 0 Å². The monoisotopic (exact) mass is 1230 g/mol. The molecule has 32 heteroatoms. The lowest BCUT2D eigenvalue weighted by molar-refractivity contribution is 0.277. The minimum absolute atomic E-state index is 0.00465. The second-order valence-electron chi connectivity index (χ2n) is 17.3. The number of aliphatic hydroxyl groups is 3. The summed E-state index contributed by atoms with van der Waals surface area (Å²) in [7, 11) is 0. The molecule has 0 atom stereocenters. The van der Waals surface area contributed by atoms with Crippen molar-refractivity contribution in [1.29, 1.82) is 0 Å². The van der Waals surface area contributed by atoms with Crippen LogP contribution in [-0.4, -0.2) is 124 Å². The molecule has 0 bridgehead atoms. The molecule has 0 aliphatic rings. The predicted octanol–water partition coefficient (Wildman–Crippen LogP) is 8.31. The third-order valence-electron chi connectivity index (χ3n) is 11.8. The number of anilines is 4. The van der Waals surface area contributed by atoms with Gasteiger partial charge in [-0.3, -0.25) is 4.98 Å². The summed E-state index contributed by atoms with van der Waals surface area (Å²) in [5.74, 6) is 1.02. The Morgan fingerprint density at radius 2 is 1.02 bits per heavy atom. The van der Waals surface area contributed by atoms with Crippen LogP contribution in [0.4, 0.5) is 32.1 Å². The van der Waals surface area contributed by atoms with Gasteiger partial charge in [-0.2, -0.15) is 29.9 Å². The number of thiazole rings is 1. The van der Waals surface area contributed by atoms with Gasteiger partial charge in [-0.05, 0) is 95.3 Å². The van der Waals surface area contributed by atoms with Crippen molar-refractivity contribution in [2.45, 2.75) is 52.7 Å². The lowest BCUT2D eigenvalue weighted by atomic mass is 10.2. The number of hydrogen-bond acceptors (Lipinski definition) is 22. The van der Waals surface area contributed by atoms with Crippen LogP contribution in [0.5, 0.6) is 0 Å². The molecular formula is C51H48Cl4F2N22O3S. The molecule has 0 aliphatic heterocycles. The van der Waals surface area contributed by atoms with Crippen molar-refractivity contribution >= 4 is 125 Å². The molecule has 12 aromatic rings. The standard InChI is InChI=1S/C14H13ClFN5O.C13H12ClFN6O.C12H11ClN6.C12H12ClN5OS/c15-14-19-12(18-7-9-1-3-17-4-2-9)11-10(16)8-21(5-6-22)13(11)20-14;14-13-19-11(17-5-8-1-2-16-7-18-8)10-9(15)6-21(3-4-22)12(10)20-13;1-7-4-9-10(18-12(13)19-11(9)17-7)15-5-8-2-3-14-6-16-8;13-12-16-10(15-7-9-14-2-6-20-9)8-1-3-18(4-5-19)11(8)17-12/h1-4,8,22H,5-7H2,(H,18,19,20);1-2,6-7,22H,3-5H2,(H,17,19,20);2-4,6H,5H2,1H3,(H2,15,17,18,19);1-3,6,19H,4-5,7H2,(H,15,16,17). The van der Waals surface area contributed by atoms with Gasteiger partial charge >= 0.3 is 0 Å². The van der Waals surface area contributed by atoms with E-state index >= 15 is 0 Å². The van der Waals surface area contributed by atoms with E-state index in [1.54, 1.807) is 48.4 Å². The van der Waals surface area contributed by atoms with E-state index in [1.165, 1.54) is 34.2 Å². The SMILES string of the molecule is Cc1cc2c(NCc3ccncn3)nc(Cl)nc2[nH]1.OCCn1cc(F)c2c(NCc3ccncc3)nc(Cl)nc21.OCCn1cc(F)c2c(NCc3ccncn3)nc(Cl)nc21.OCCn1ccc2c(NCc3nccs3)nc(Cl)nc21. The third kappa shape index (κ3) is 15.4. The molecule has 8 N–H and O–H groups in total. The highest BCUT2D eigenvalue weighted by molar-refractivity contribution is 7.09. The smallest absolute Gasteiger partial charge is 0.226 e. The van der Waals surface area contributed by atoms with E-state index in [0.717, 1.165) is 44.1 Å². The minimum Gasteiger partial charge on any atom is -0.395 e. The summed E-state index contributed by atoms with van der Waals surface area (Å²) in [4.78, 5) is 60.2. The molecule has 0 amide bonds. The fourth-order valence-corrected chi connectivity index (χ4v) is 9.35. The Labute approximate surface area is 493 Å². The summed E-state index contributed by atoms with van der Waals surface area (Å²) in [5.41, 5.74) is 5.71. The summed E-state index contributed by atoms with van der Waals surface area (Å²) >= 11 is 25.3. The third-order valence-corrected chi connectivity index (χ3v) is 13.2. The number of nitrogens with zero attached hydrogens (tertiary/aromatic N) is 17. The first-order valence-corrected chi connectivity index (χ1v) is 27.3. The molecule has 0 unspecified atom stereocenters. The molecule has 0 radical (unpaired) electrons. The fraction of sp³-hybridized carbons (Fsp3) is 0.216. The van der Waals surface area contributed by atoms with Crippen molar-refractivity contribution in [1.82, 2.24) is 88.5 Å². The van der Waals surface area contributed by atoms with Crippen LogP contribution < -0.4 is 21.3 Å². The van der Waals surface area contributed by atoms with Gasteiger partial charge in [0.2, 0.25) is 21.1 Å². The van der Waals surface area contributed by atoms with E-state index in [1.807, 2.05) is 53.4 Å². The number of hydrogen-bond donors (Lipinski definition) is 8. The normalized spacial score (nSPS) is 11.0. The number of nitrogens with one attached hydrogen (secondary N) is 5. The van der Waals surface area contributed by atoms with E-state index in [0.29, 0.717) is 67.1 Å². The van der Waals surface area contributed by atoms with Gasteiger partial charge < -0.3 is 55.3 Å². The lowest BCUT2D eigenvalue weighted by Crippen LogP contribution is -2.06. The molecular weight excluding hydrogens is 1180 g/mol. The highest BCUT2D eigenvalue weighted by Gasteiger charge is 2.19. The molecule has 12 heterocycles. The zero-order valence-electron chi connectivity index (χ0n) is 43.5. The fourth-order valence-electron chi connectivity index (χ4n) is 8.13. The summed E-state index contributed by atoms with van der Waals surface area (Å²) in [6.07, 6.45) is 15.8. The van der Waals surface area contributed by atoms with E-state index < -0.39 is 11.6 Å². The highest BCUT2D eigenvalue weighted by atomic mass is 35.5. The zero-order valence-corrected chi connectivity index (χ0v) is 47.3. The van der Waals surface area contributed by atoms with E-state index in [2.05, 4.69) is 96.0 Å². The average molecular weight is 1230 g/mol. The first-order chi connectivity index (χ1) is 40.4. The van der Waals surface area contributed by atoms with Gasteiger partial charge in [0, 0.05) is 86.8 Å². The molecule has 0 aromatic carbocycles. The Morgan fingerprint density at radius 1 is 0.530 bits per heavy atom. The maximum Gasteiger partial charge on any atom is 0.226 e. The number of fused-ring (bicyclic) bond motifs is 4. The summed E-state index contributed by atoms with van der Waals surface area (Å²) in [5, 5.41) is 45.2. The van der Waals surface area contributed by atoms with Crippen LogP contribution >= 0.6 is 57.7 Å². The number of aromatic amines is 1. The Bertz CT molecular complexity index is 3920. The first kappa shape index (κ1) is 59.2. The number of H-pyrrole nitrogens is 1. The Hall–Kier alpha value is -8.48. The predicted molar refractivity (Wildman–Crippen MR) is 312 cm³/mol. The number of aliphatic hydroxyl groups excluding tert-OH is 3. The second kappa shape index (κ2) is 28.5. The van der Waals surface area contributed by atoms with Crippen LogP contribution in [0.25, 0.3) is 44.1 Å². The maximum absolute atomic E-state index is 14.2. The van der Waals surface area contributed by atoms with Gasteiger partial charge in [-0.25, -0.2) is 43.7 Å². The number of aromatic nitrogens is 18. The molecule has 0 saturated carbocycles. The van der Waals surface area contributed by atoms with Crippen molar-refractivity contribution in [3.8, 4) is 0 Å². The van der Waals surface area contributed by atoms with Crippen molar-refractivity contribution in [3.05, 3.63) is 164 Å². The van der Waals surface area contributed by atoms with Gasteiger partial charge in [0.05, 0.1) is 72.4 Å².